The number of carbonyl (C=O) groups is 10. The zero-order valence-corrected chi connectivity index (χ0v) is 34.1. The average Bonchev–Trinajstić information content (AvgIpc) is 3.58. The number of H-pyrrole nitrogens is 1. The number of para-hydroxylation sites is 1. The number of rotatable bonds is 27. The molecule has 1 aromatic carbocycles. The number of carboxylic acid groups (broad SMARTS) is 2. The fraction of sp³-hybridized carbons (Fsp3) is 0.486. The van der Waals surface area contributed by atoms with Gasteiger partial charge in [-0.25, -0.2) is 4.79 Å². The maximum Gasteiger partial charge on any atom is 0.326 e. The Hall–Kier alpha value is -7.31. The van der Waals surface area contributed by atoms with E-state index < -0.39 is 121 Å². The summed E-state index contributed by atoms with van der Waals surface area (Å²) in [6.45, 7) is 2.89. The zero-order chi connectivity index (χ0) is 46.7. The topological polar surface area (TPSA) is 442 Å². The lowest BCUT2D eigenvalue weighted by Crippen LogP contribution is -2.60. The fourth-order valence-corrected chi connectivity index (χ4v) is 5.94. The molecular weight excluding hydrogens is 818 g/mol. The van der Waals surface area contributed by atoms with E-state index in [1.807, 2.05) is 0 Å². The van der Waals surface area contributed by atoms with Gasteiger partial charge in [-0.15, -0.1) is 0 Å². The first kappa shape index (κ1) is 50.8. The van der Waals surface area contributed by atoms with Crippen LogP contribution in [0.5, 0.6) is 0 Å². The van der Waals surface area contributed by atoms with E-state index in [0.29, 0.717) is 16.5 Å². The maximum absolute atomic E-state index is 13.8. The van der Waals surface area contributed by atoms with Gasteiger partial charge < -0.3 is 75.8 Å². The van der Waals surface area contributed by atoms with Crippen LogP contribution in [0, 0.1) is 5.92 Å². The largest absolute Gasteiger partial charge is 0.481 e. The Morgan fingerprint density at radius 2 is 1.23 bits per heavy atom. The normalized spacial score (nSPS) is 13.8. The molecule has 0 aliphatic heterocycles. The third kappa shape index (κ3) is 17.9. The Kier molecular flexibility index (Phi) is 20.2. The molecule has 62 heavy (non-hydrogen) atoms. The van der Waals surface area contributed by atoms with Crippen LogP contribution in [-0.4, -0.2) is 130 Å². The lowest BCUT2D eigenvalue weighted by Gasteiger charge is -2.26. The molecule has 340 valence electrons. The van der Waals surface area contributed by atoms with Gasteiger partial charge in [0.15, 0.2) is 5.96 Å². The number of nitrogens with one attached hydrogen (secondary N) is 7. The Bertz CT molecular complexity index is 2000. The van der Waals surface area contributed by atoms with Crippen molar-refractivity contribution in [1.29, 1.82) is 0 Å². The molecule has 8 amide bonds. The van der Waals surface area contributed by atoms with E-state index >= 15 is 0 Å². The molecular formula is C37H55N13O12. The predicted molar refractivity (Wildman–Crippen MR) is 220 cm³/mol. The lowest BCUT2D eigenvalue weighted by molar-refractivity contribution is -0.142. The minimum absolute atomic E-state index is 0.0418. The molecule has 0 fully saturated rings. The number of carbonyl (C=O) groups excluding carboxylic acids is 8. The second-order valence-electron chi connectivity index (χ2n) is 14.6. The van der Waals surface area contributed by atoms with Crippen molar-refractivity contribution < 1.29 is 58.2 Å². The first-order chi connectivity index (χ1) is 29.1. The fourth-order valence-electron chi connectivity index (χ4n) is 5.94. The molecule has 25 nitrogen and oxygen atoms in total. The molecule has 1 aromatic heterocycles. The van der Waals surface area contributed by atoms with Crippen LogP contribution in [0.3, 0.4) is 0 Å². The molecule has 19 N–H and O–H groups in total. The van der Waals surface area contributed by atoms with Gasteiger partial charge in [-0.1, -0.05) is 32.0 Å². The number of fused-ring (bicyclic) bond motifs is 1. The van der Waals surface area contributed by atoms with Crippen LogP contribution in [-0.2, 0) is 54.4 Å². The van der Waals surface area contributed by atoms with Gasteiger partial charge in [-0.05, 0) is 36.8 Å². The summed E-state index contributed by atoms with van der Waals surface area (Å²) in [5.74, 6) is -11.8. The van der Waals surface area contributed by atoms with E-state index in [-0.39, 0.29) is 44.1 Å². The van der Waals surface area contributed by atoms with Gasteiger partial charge in [0.2, 0.25) is 47.3 Å². The molecule has 2 aromatic rings. The number of aromatic amines is 1. The van der Waals surface area contributed by atoms with E-state index in [9.17, 15) is 58.2 Å². The Labute approximate surface area is 354 Å². The predicted octanol–water partition coefficient (Wildman–Crippen LogP) is -5.01. The number of aromatic nitrogens is 1. The number of aliphatic carboxylic acids is 2. The molecule has 0 aliphatic carbocycles. The van der Waals surface area contributed by atoms with Crippen molar-refractivity contribution in [2.45, 2.75) is 95.0 Å². The number of carboxylic acids is 2. The van der Waals surface area contributed by atoms with Crippen LogP contribution in [0.2, 0.25) is 0 Å². The first-order valence-electron chi connectivity index (χ1n) is 19.2. The number of hydrogen-bond acceptors (Lipinski definition) is 12. The molecule has 0 saturated heterocycles. The number of benzene rings is 1. The quantitative estimate of drug-likeness (QED) is 0.0227. The van der Waals surface area contributed by atoms with Crippen molar-refractivity contribution in [2.24, 2.45) is 39.6 Å². The standard InChI is InChI=1S/C37H55N13O12/c1-17(2)10-20(38)31(56)47-26(14-30(54)55)35(60)50-25(13-28(40)52)34(59)49-24(12-27(39)51)33(58)48-23(11-18-15-44-21-7-4-3-6-19(18)21)32(57)45-16-29(53)46-22(36(61)62)8-5-9-43-37(41)42/h3-4,6-7,15,17,20,22-26,44H,5,8-14,16,38H2,1-2H3,(H2,39,51)(H2,40,52)(H,45,57)(H,46,53)(H,47,56)(H,48,58)(H,49,59)(H,50,60)(H,54,55)(H,61,62)(H4,41,42,43)/t20-,22-,23-,24-,25-,26-/m0/s1. The van der Waals surface area contributed by atoms with Crippen LogP contribution in [0.4, 0.5) is 0 Å². The molecule has 0 bridgehead atoms. The molecule has 0 saturated carbocycles. The van der Waals surface area contributed by atoms with E-state index in [1.165, 1.54) is 0 Å². The first-order valence-corrected chi connectivity index (χ1v) is 19.2. The number of nitrogens with two attached hydrogens (primary N) is 5. The SMILES string of the molecule is CC(C)C[C@H](N)C(=O)N[C@@H](CC(=O)O)C(=O)N[C@@H](CC(N)=O)C(=O)N[C@@H](CC(N)=O)C(=O)N[C@@H](Cc1c[nH]c2ccccc12)C(=O)NCC(=O)N[C@@H](CCCN=C(N)N)C(=O)O. The number of guanidine groups is 1. The van der Waals surface area contributed by atoms with Crippen molar-refractivity contribution in [3.63, 3.8) is 0 Å². The molecule has 0 unspecified atom stereocenters. The highest BCUT2D eigenvalue weighted by Crippen LogP contribution is 2.19. The van der Waals surface area contributed by atoms with Crippen molar-refractivity contribution in [3.05, 3.63) is 36.0 Å². The second-order valence-corrected chi connectivity index (χ2v) is 14.6. The van der Waals surface area contributed by atoms with Crippen LogP contribution >= 0.6 is 0 Å². The number of nitrogens with zero attached hydrogens (tertiary/aromatic N) is 1. The Balaban J connectivity index is 2.34. The highest BCUT2D eigenvalue weighted by atomic mass is 16.4. The van der Waals surface area contributed by atoms with Gasteiger partial charge in [0.25, 0.3) is 0 Å². The second kappa shape index (κ2) is 24.7. The minimum Gasteiger partial charge on any atom is -0.481 e. The number of hydrogen-bond donors (Lipinski definition) is 14. The van der Waals surface area contributed by atoms with Crippen LogP contribution < -0.4 is 60.6 Å². The highest BCUT2D eigenvalue weighted by molar-refractivity contribution is 6.00. The van der Waals surface area contributed by atoms with Gasteiger partial charge in [0.05, 0.1) is 31.8 Å². The molecule has 2 rings (SSSR count). The van der Waals surface area contributed by atoms with E-state index in [4.69, 9.17) is 28.7 Å². The average molecular weight is 874 g/mol. The third-order valence-corrected chi connectivity index (χ3v) is 8.88. The van der Waals surface area contributed by atoms with Crippen molar-refractivity contribution >= 4 is 76.1 Å². The molecule has 0 spiro atoms. The summed E-state index contributed by atoms with van der Waals surface area (Å²) in [5, 5.41) is 33.2. The van der Waals surface area contributed by atoms with Crippen molar-refractivity contribution in [2.75, 3.05) is 13.1 Å². The molecule has 0 radical (unpaired) electrons. The van der Waals surface area contributed by atoms with E-state index in [0.717, 1.165) is 0 Å². The monoisotopic (exact) mass is 873 g/mol. The van der Waals surface area contributed by atoms with Gasteiger partial charge in [0.1, 0.15) is 30.2 Å². The molecule has 0 aliphatic rings. The summed E-state index contributed by atoms with van der Waals surface area (Å²) in [7, 11) is 0. The van der Waals surface area contributed by atoms with Gasteiger partial charge in [0, 0.05) is 30.1 Å². The third-order valence-electron chi connectivity index (χ3n) is 8.88. The van der Waals surface area contributed by atoms with E-state index in [1.54, 1.807) is 44.3 Å². The summed E-state index contributed by atoms with van der Waals surface area (Å²) >= 11 is 0. The summed E-state index contributed by atoms with van der Waals surface area (Å²) < 4.78 is 0. The molecule has 6 atom stereocenters. The number of primary amides is 2. The summed E-state index contributed by atoms with van der Waals surface area (Å²) in [6, 6.07) is -2.65. The Morgan fingerprint density at radius 3 is 1.74 bits per heavy atom. The van der Waals surface area contributed by atoms with Crippen LogP contribution in [0.25, 0.3) is 10.9 Å². The summed E-state index contributed by atoms with van der Waals surface area (Å²) in [5.41, 5.74) is 28.3. The highest BCUT2D eigenvalue weighted by Gasteiger charge is 2.34. The molecule has 25 heteroatoms. The number of amides is 8. The van der Waals surface area contributed by atoms with Crippen LogP contribution in [0.1, 0.15) is 57.9 Å². The van der Waals surface area contributed by atoms with Gasteiger partial charge in [-0.2, -0.15) is 0 Å². The summed E-state index contributed by atoms with van der Waals surface area (Å²) in [4.78, 5) is 134. The Morgan fingerprint density at radius 1 is 0.694 bits per heavy atom. The lowest BCUT2D eigenvalue weighted by atomic mass is 10.0. The van der Waals surface area contributed by atoms with Gasteiger partial charge in [-0.3, -0.25) is 48.1 Å². The van der Waals surface area contributed by atoms with Crippen molar-refractivity contribution in [1.82, 2.24) is 36.9 Å². The van der Waals surface area contributed by atoms with Crippen LogP contribution in [0.15, 0.2) is 35.5 Å². The minimum atomic E-state index is -1.90. The zero-order valence-electron chi connectivity index (χ0n) is 34.1. The maximum atomic E-state index is 13.8. The smallest absolute Gasteiger partial charge is 0.326 e. The van der Waals surface area contributed by atoms with Crippen molar-refractivity contribution in [3.8, 4) is 0 Å². The van der Waals surface area contributed by atoms with E-state index in [2.05, 4.69) is 41.9 Å². The number of aliphatic imine (C=N–C) groups is 1. The summed E-state index contributed by atoms with van der Waals surface area (Å²) in [6.07, 6.45) is -1.13. The van der Waals surface area contributed by atoms with Gasteiger partial charge >= 0.3 is 11.9 Å². The molecule has 1 heterocycles.